The molecule has 0 fully saturated rings. The molecule has 1 aliphatic rings. The van der Waals surface area contributed by atoms with Gasteiger partial charge < -0.3 is 9.64 Å². The fourth-order valence-corrected chi connectivity index (χ4v) is 4.24. The highest BCUT2D eigenvalue weighted by Crippen LogP contribution is 2.43. The first-order valence-electron chi connectivity index (χ1n) is 10.7. The number of fused-ring (bicyclic) bond motifs is 1. The summed E-state index contributed by atoms with van der Waals surface area (Å²) in [6.45, 7) is 5.11. The lowest BCUT2D eigenvalue weighted by Gasteiger charge is -2.26. The van der Waals surface area contributed by atoms with Crippen LogP contribution < -0.4 is 4.74 Å². The lowest BCUT2D eigenvalue weighted by molar-refractivity contribution is 0.0730. The molecular formula is C26H24N4O2. The molecule has 0 bridgehead atoms. The molecule has 1 unspecified atom stereocenters. The number of hydrogen-bond acceptors (Lipinski definition) is 4. The third-order valence-electron chi connectivity index (χ3n) is 5.80. The second-order valence-corrected chi connectivity index (χ2v) is 7.92. The SMILES string of the molecule is CCOc1ccc(C2c3c(-c4ccc(C)cc4)n[nH]c3C(=O)N2Cc2ccncc2)cc1. The molecule has 0 spiro atoms. The molecule has 6 nitrogen and oxygen atoms in total. The van der Waals surface area contributed by atoms with Crippen molar-refractivity contribution in [2.75, 3.05) is 6.61 Å². The van der Waals surface area contributed by atoms with Crippen molar-refractivity contribution in [3.8, 4) is 17.0 Å². The number of carbonyl (C=O) groups excluding carboxylic acids is 1. The Kier molecular flexibility index (Phi) is 5.19. The van der Waals surface area contributed by atoms with Crippen molar-refractivity contribution in [1.82, 2.24) is 20.1 Å². The van der Waals surface area contributed by atoms with Gasteiger partial charge in [-0.25, -0.2) is 0 Å². The van der Waals surface area contributed by atoms with Crippen molar-refractivity contribution in [1.29, 1.82) is 0 Å². The van der Waals surface area contributed by atoms with Crippen LogP contribution in [0.5, 0.6) is 5.75 Å². The standard InChI is InChI=1S/C26H24N4O2/c1-3-32-21-10-8-20(9-11-21)25-22-23(19-6-4-17(2)5-7-19)28-29-24(22)26(31)30(25)16-18-12-14-27-15-13-18/h4-15,25H,3,16H2,1-2H3,(H,28,29). The van der Waals surface area contributed by atoms with E-state index in [9.17, 15) is 4.79 Å². The van der Waals surface area contributed by atoms with E-state index in [-0.39, 0.29) is 11.9 Å². The molecule has 6 heteroatoms. The lowest BCUT2D eigenvalue weighted by atomic mass is 9.95. The van der Waals surface area contributed by atoms with Crippen molar-refractivity contribution >= 4 is 5.91 Å². The molecule has 0 saturated carbocycles. The summed E-state index contributed by atoms with van der Waals surface area (Å²) in [5.41, 5.74) is 6.49. The van der Waals surface area contributed by atoms with Crippen molar-refractivity contribution in [3.05, 3.63) is 101 Å². The maximum atomic E-state index is 13.5. The Bertz CT molecular complexity index is 1230. The number of aromatic nitrogens is 3. The number of ether oxygens (including phenoxy) is 1. The molecule has 1 amide bonds. The molecule has 2 aromatic carbocycles. The van der Waals surface area contributed by atoms with E-state index in [2.05, 4.69) is 46.4 Å². The third-order valence-corrected chi connectivity index (χ3v) is 5.80. The van der Waals surface area contributed by atoms with Gasteiger partial charge in [0.05, 0.1) is 18.3 Å². The van der Waals surface area contributed by atoms with Gasteiger partial charge in [0, 0.05) is 30.1 Å². The fraction of sp³-hybridized carbons (Fsp3) is 0.192. The van der Waals surface area contributed by atoms with Gasteiger partial charge in [0.2, 0.25) is 0 Å². The number of aromatic amines is 1. The van der Waals surface area contributed by atoms with E-state index in [4.69, 9.17) is 4.74 Å². The molecular weight excluding hydrogens is 400 g/mol. The Morgan fingerprint density at radius 2 is 1.72 bits per heavy atom. The Morgan fingerprint density at radius 1 is 1.00 bits per heavy atom. The van der Waals surface area contributed by atoms with Gasteiger partial charge in [0.25, 0.3) is 5.91 Å². The van der Waals surface area contributed by atoms with Crippen LogP contribution >= 0.6 is 0 Å². The van der Waals surface area contributed by atoms with E-state index in [1.807, 2.05) is 48.2 Å². The van der Waals surface area contributed by atoms with Crippen LogP contribution in [0.2, 0.25) is 0 Å². The van der Waals surface area contributed by atoms with Gasteiger partial charge in [-0.1, -0.05) is 42.0 Å². The summed E-state index contributed by atoms with van der Waals surface area (Å²) >= 11 is 0. The molecule has 1 N–H and O–H groups in total. The molecule has 1 aliphatic heterocycles. The van der Waals surface area contributed by atoms with Gasteiger partial charge in [0.1, 0.15) is 11.4 Å². The normalized spacial score (nSPS) is 15.1. The summed E-state index contributed by atoms with van der Waals surface area (Å²) in [5.74, 6) is 0.758. The minimum Gasteiger partial charge on any atom is -0.494 e. The number of pyridine rings is 1. The van der Waals surface area contributed by atoms with E-state index < -0.39 is 0 Å². The summed E-state index contributed by atoms with van der Waals surface area (Å²) in [6.07, 6.45) is 3.50. The Labute approximate surface area is 186 Å². The number of nitrogens with one attached hydrogen (secondary N) is 1. The first-order chi connectivity index (χ1) is 15.7. The van der Waals surface area contributed by atoms with E-state index in [1.54, 1.807) is 12.4 Å². The highest BCUT2D eigenvalue weighted by molar-refractivity contribution is 6.00. The number of nitrogens with zero attached hydrogens (tertiary/aromatic N) is 3. The summed E-state index contributed by atoms with van der Waals surface area (Å²) in [5, 5.41) is 7.56. The molecule has 0 aliphatic carbocycles. The van der Waals surface area contributed by atoms with Crippen LogP contribution in [0.3, 0.4) is 0 Å². The summed E-state index contributed by atoms with van der Waals surface area (Å²) in [7, 11) is 0. The van der Waals surface area contributed by atoms with E-state index in [0.29, 0.717) is 18.8 Å². The molecule has 3 heterocycles. The maximum Gasteiger partial charge on any atom is 0.273 e. The third kappa shape index (κ3) is 3.54. The molecule has 0 radical (unpaired) electrons. The van der Waals surface area contributed by atoms with Gasteiger partial charge >= 0.3 is 0 Å². The van der Waals surface area contributed by atoms with Crippen LogP contribution in [0.1, 0.15) is 45.7 Å². The van der Waals surface area contributed by atoms with E-state index in [1.165, 1.54) is 5.56 Å². The number of amides is 1. The number of carbonyl (C=O) groups is 1. The molecule has 5 rings (SSSR count). The van der Waals surface area contributed by atoms with Crippen LogP contribution in [-0.2, 0) is 6.54 Å². The number of H-pyrrole nitrogens is 1. The van der Waals surface area contributed by atoms with Crippen molar-refractivity contribution in [3.63, 3.8) is 0 Å². The van der Waals surface area contributed by atoms with Crippen molar-refractivity contribution < 1.29 is 9.53 Å². The average molecular weight is 425 g/mol. The zero-order chi connectivity index (χ0) is 22.1. The first kappa shape index (κ1) is 20.0. The largest absolute Gasteiger partial charge is 0.494 e. The molecule has 0 saturated heterocycles. The Morgan fingerprint density at radius 3 is 2.41 bits per heavy atom. The molecule has 2 aromatic heterocycles. The number of aryl methyl sites for hydroxylation is 1. The van der Waals surface area contributed by atoms with Crippen molar-refractivity contribution in [2.24, 2.45) is 0 Å². The lowest BCUT2D eigenvalue weighted by Crippen LogP contribution is -2.29. The maximum absolute atomic E-state index is 13.5. The topological polar surface area (TPSA) is 71.1 Å². The zero-order valence-corrected chi connectivity index (χ0v) is 18.1. The van der Waals surface area contributed by atoms with Gasteiger partial charge in [-0.05, 0) is 49.2 Å². The first-order valence-corrected chi connectivity index (χ1v) is 10.7. The van der Waals surface area contributed by atoms with E-state index >= 15 is 0 Å². The predicted molar refractivity (Wildman–Crippen MR) is 122 cm³/mol. The second-order valence-electron chi connectivity index (χ2n) is 7.92. The van der Waals surface area contributed by atoms with Gasteiger partial charge in [-0.15, -0.1) is 0 Å². The molecule has 160 valence electrons. The smallest absolute Gasteiger partial charge is 0.273 e. The van der Waals surface area contributed by atoms with Gasteiger partial charge in [0.15, 0.2) is 0 Å². The summed E-state index contributed by atoms with van der Waals surface area (Å²) in [6, 6.07) is 19.8. The Balaban J connectivity index is 1.61. The minimum absolute atomic E-state index is 0.0541. The number of rotatable bonds is 6. The molecule has 32 heavy (non-hydrogen) atoms. The van der Waals surface area contributed by atoms with Crippen LogP contribution in [0.4, 0.5) is 0 Å². The summed E-state index contributed by atoms with van der Waals surface area (Å²) < 4.78 is 5.62. The molecule has 4 aromatic rings. The van der Waals surface area contributed by atoms with Gasteiger partial charge in [-0.2, -0.15) is 5.10 Å². The average Bonchev–Trinajstić information content (AvgIpc) is 3.35. The number of hydrogen-bond donors (Lipinski definition) is 1. The van der Waals surface area contributed by atoms with E-state index in [0.717, 1.165) is 33.7 Å². The fourth-order valence-electron chi connectivity index (χ4n) is 4.24. The predicted octanol–water partition coefficient (Wildman–Crippen LogP) is 4.92. The highest BCUT2D eigenvalue weighted by atomic mass is 16.5. The summed E-state index contributed by atoms with van der Waals surface area (Å²) in [4.78, 5) is 19.5. The van der Waals surface area contributed by atoms with Crippen molar-refractivity contribution in [2.45, 2.75) is 26.4 Å². The van der Waals surface area contributed by atoms with Crippen LogP contribution in [-0.4, -0.2) is 32.6 Å². The quantitative estimate of drug-likeness (QED) is 0.477. The van der Waals surface area contributed by atoms with Crippen LogP contribution in [0, 0.1) is 6.92 Å². The molecule has 1 atom stereocenters. The van der Waals surface area contributed by atoms with Gasteiger partial charge in [-0.3, -0.25) is 14.9 Å². The monoisotopic (exact) mass is 424 g/mol. The Hall–Kier alpha value is -3.93. The minimum atomic E-state index is -0.253. The highest BCUT2D eigenvalue weighted by Gasteiger charge is 2.42. The van der Waals surface area contributed by atoms with Crippen LogP contribution in [0.15, 0.2) is 73.1 Å². The number of benzene rings is 2. The zero-order valence-electron chi connectivity index (χ0n) is 18.1. The second kappa shape index (κ2) is 8.30. The van der Waals surface area contributed by atoms with Crippen LogP contribution in [0.25, 0.3) is 11.3 Å².